The zero-order chi connectivity index (χ0) is 11.1. The maximum atomic E-state index is 4.46. The van der Waals surface area contributed by atoms with E-state index in [9.17, 15) is 0 Å². The standard InChI is InChI=1S/C12H21N3/c1-4-6-8-15-10-12(11(3)14-15)9-13-7-5-2/h4,10,13H,1,5-9H2,2-3H3. The minimum atomic E-state index is 0.924. The van der Waals surface area contributed by atoms with Gasteiger partial charge in [-0.25, -0.2) is 0 Å². The first kappa shape index (κ1) is 12.0. The average molecular weight is 207 g/mol. The molecule has 0 unspecified atom stereocenters. The number of nitrogens with zero attached hydrogens (tertiary/aromatic N) is 2. The van der Waals surface area contributed by atoms with E-state index in [0.29, 0.717) is 0 Å². The lowest BCUT2D eigenvalue weighted by Crippen LogP contribution is -2.13. The van der Waals surface area contributed by atoms with Gasteiger partial charge in [0.15, 0.2) is 0 Å². The second-order valence-corrected chi connectivity index (χ2v) is 3.76. The van der Waals surface area contributed by atoms with Crippen molar-refractivity contribution in [3.8, 4) is 0 Å². The molecule has 3 heteroatoms. The van der Waals surface area contributed by atoms with Gasteiger partial charge in [-0.1, -0.05) is 13.0 Å². The molecule has 0 atom stereocenters. The number of rotatable bonds is 7. The lowest BCUT2D eigenvalue weighted by Gasteiger charge is -2.00. The van der Waals surface area contributed by atoms with Crippen LogP contribution in [0, 0.1) is 6.92 Å². The molecule has 0 aliphatic heterocycles. The fourth-order valence-corrected chi connectivity index (χ4v) is 1.47. The van der Waals surface area contributed by atoms with E-state index >= 15 is 0 Å². The van der Waals surface area contributed by atoms with Gasteiger partial charge >= 0.3 is 0 Å². The summed E-state index contributed by atoms with van der Waals surface area (Å²) < 4.78 is 2.00. The lowest BCUT2D eigenvalue weighted by molar-refractivity contribution is 0.618. The van der Waals surface area contributed by atoms with Crippen molar-refractivity contribution in [3.05, 3.63) is 30.1 Å². The fraction of sp³-hybridized carbons (Fsp3) is 0.583. The first-order valence-corrected chi connectivity index (χ1v) is 5.62. The first-order chi connectivity index (χ1) is 7.27. The molecule has 1 aromatic heterocycles. The van der Waals surface area contributed by atoms with Crippen molar-refractivity contribution in [2.24, 2.45) is 0 Å². The number of allylic oxidation sites excluding steroid dienone is 1. The summed E-state index contributed by atoms with van der Waals surface area (Å²) in [6.45, 7) is 10.9. The zero-order valence-electron chi connectivity index (χ0n) is 9.79. The Kier molecular flexibility index (Phi) is 5.12. The van der Waals surface area contributed by atoms with Crippen molar-refractivity contribution >= 4 is 0 Å². The van der Waals surface area contributed by atoms with E-state index in [-0.39, 0.29) is 0 Å². The molecule has 3 nitrogen and oxygen atoms in total. The molecule has 0 aliphatic rings. The molecule has 0 amide bonds. The number of hydrogen-bond donors (Lipinski definition) is 1. The van der Waals surface area contributed by atoms with Crippen LogP contribution in [0.2, 0.25) is 0 Å². The van der Waals surface area contributed by atoms with Gasteiger partial charge in [0.05, 0.1) is 5.69 Å². The average Bonchev–Trinajstić information content (AvgIpc) is 2.57. The van der Waals surface area contributed by atoms with Gasteiger partial charge in [-0.05, 0) is 26.3 Å². The van der Waals surface area contributed by atoms with Crippen molar-refractivity contribution in [1.29, 1.82) is 0 Å². The Labute approximate surface area is 92.2 Å². The molecule has 0 spiro atoms. The quantitative estimate of drug-likeness (QED) is 0.549. The molecule has 84 valence electrons. The molecule has 0 saturated heterocycles. The summed E-state index contributed by atoms with van der Waals surface area (Å²) in [5.41, 5.74) is 2.43. The molecule has 0 radical (unpaired) electrons. The molecule has 0 fully saturated rings. The van der Waals surface area contributed by atoms with E-state index < -0.39 is 0 Å². The van der Waals surface area contributed by atoms with Gasteiger partial charge in [0.1, 0.15) is 0 Å². The molecular formula is C12H21N3. The SMILES string of the molecule is C=CCCn1cc(CNCCC)c(C)n1. The van der Waals surface area contributed by atoms with Crippen LogP contribution in [0.1, 0.15) is 31.0 Å². The van der Waals surface area contributed by atoms with Crippen molar-refractivity contribution in [2.45, 2.75) is 39.8 Å². The summed E-state index contributed by atoms with van der Waals surface area (Å²) in [5.74, 6) is 0. The van der Waals surface area contributed by atoms with Crippen LogP contribution in [0.15, 0.2) is 18.9 Å². The van der Waals surface area contributed by atoms with Crippen molar-refractivity contribution < 1.29 is 0 Å². The summed E-state index contributed by atoms with van der Waals surface area (Å²) in [6, 6.07) is 0. The van der Waals surface area contributed by atoms with Gasteiger partial charge in [-0.3, -0.25) is 4.68 Å². The van der Waals surface area contributed by atoms with Crippen LogP contribution in [0.25, 0.3) is 0 Å². The molecule has 1 rings (SSSR count). The third-order valence-electron chi connectivity index (χ3n) is 2.35. The summed E-state index contributed by atoms with van der Waals surface area (Å²) >= 11 is 0. The van der Waals surface area contributed by atoms with Crippen molar-refractivity contribution in [1.82, 2.24) is 15.1 Å². The van der Waals surface area contributed by atoms with Crippen molar-refractivity contribution in [3.63, 3.8) is 0 Å². The van der Waals surface area contributed by atoms with Crippen LogP contribution in [0.4, 0.5) is 0 Å². The van der Waals surface area contributed by atoms with Gasteiger partial charge in [-0.15, -0.1) is 6.58 Å². The Balaban J connectivity index is 2.48. The maximum absolute atomic E-state index is 4.46. The Morgan fingerprint density at radius 1 is 1.60 bits per heavy atom. The highest BCUT2D eigenvalue weighted by Crippen LogP contribution is 2.05. The summed E-state index contributed by atoms with van der Waals surface area (Å²) in [7, 11) is 0. The van der Waals surface area contributed by atoms with Gasteiger partial charge in [0, 0.05) is 24.8 Å². The Morgan fingerprint density at radius 2 is 2.40 bits per heavy atom. The highest BCUT2D eigenvalue weighted by molar-refractivity contribution is 5.15. The Bertz CT molecular complexity index is 302. The third kappa shape index (κ3) is 3.88. The normalized spacial score (nSPS) is 10.5. The van der Waals surface area contributed by atoms with E-state index in [0.717, 1.165) is 31.7 Å². The van der Waals surface area contributed by atoms with Crippen LogP contribution < -0.4 is 5.32 Å². The maximum Gasteiger partial charge on any atom is 0.0638 e. The molecule has 1 heterocycles. The molecule has 1 N–H and O–H groups in total. The topological polar surface area (TPSA) is 29.9 Å². The minimum absolute atomic E-state index is 0.924. The molecular weight excluding hydrogens is 186 g/mol. The van der Waals surface area contributed by atoms with Gasteiger partial charge in [0.25, 0.3) is 0 Å². The lowest BCUT2D eigenvalue weighted by atomic mass is 10.2. The predicted octanol–water partition coefficient (Wildman–Crippen LogP) is 2.27. The second-order valence-electron chi connectivity index (χ2n) is 3.76. The van der Waals surface area contributed by atoms with E-state index in [1.807, 2.05) is 10.8 Å². The fourth-order valence-electron chi connectivity index (χ4n) is 1.47. The Hall–Kier alpha value is -1.09. The molecule has 0 aliphatic carbocycles. The van der Waals surface area contributed by atoms with Crippen LogP contribution >= 0.6 is 0 Å². The molecule has 0 saturated carbocycles. The smallest absolute Gasteiger partial charge is 0.0638 e. The Morgan fingerprint density at radius 3 is 3.07 bits per heavy atom. The van der Waals surface area contributed by atoms with E-state index in [2.05, 4.69) is 37.0 Å². The van der Waals surface area contributed by atoms with Crippen LogP contribution in [0.3, 0.4) is 0 Å². The van der Waals surface area contributed by atoms with Gasteiger partial charge in [0.2, 0.25) is 0 Å². The monoisotopic (exact) mass is 207 g/mol. The van der Waals surface area contributed by atoms with Gasteiger partial charge < -0.3 is 5.32 Å². The minimum Gasteiger partial charge on any atom is -0.313 e. The van der Waals surface area contributed by atoms with Gasteiger partial charge in [-0.2, -0.15) is 5.10 Å². The largest absolute Gasteiger partial charge is 0.313 e. The highest BCUT2D eigenvalue weighted by atomic mass is 15.3. The third-order valence-corrected chi connectivity index (χ3v) is 2.35. The zero-order valence-corrected chi connectivity index (χ0v) is 9.79. The molecule has 1 aromatic rings. The van der Waals surface area contributed by atoms with Crippen LogP contribution in [0.5, 0.6) is 0 Å². The number of aryl methyl sites for hydroxylation is 2. The molecule has 0 bridgehead atoms. The molecule has 0 aromatic carbocycles. The summed E-state index contributed by atoms with van der Waals surface area (Å²) in [4.78, 5) is 0. The van der Waals surface area contributed by atoms with Crippen LogP contribution in [-0.4, -0.2) is 16.3 Å². The first-order valence-electron chi connectivity index (χ1n) is 5.62. The van der Waals surface area contributed by atoms with Crippen molar-refractivity contribution in [2.75, 3.05) is 6.54 Å². The predicted molar refractivity (Wildman–Crippen MR) is 63.8 cm³/mol. The van der Waals surface area contributed by atoms with E-state index in [4.69, 9.17) is 0 Å². The van der Waals surface area contributed by atoms with Crippen LogP contribution in [-0.2, 0) is 13.1 Å². The number of hydrogen-bond acceptors (Lipinski definition) is 2. The number of aromatic nitrogens is 2. The summed E-state index contributed by atoms with van der Waals surface area (Å²) in [5, 5.41) is 7.84. The highest BCUT2D eigenvalue weighted by Gasteiger charge is 2.03. The second kappa shape index (κ2) is 6.40. The van der Waals surface area contributed by atoms with E-state index in [1.54, 1.807) is 0 Å². The summed E-state index contributed by atoms with van der Waals surface area (Å²) in [6.07, 6.45) is 6.19. The van der Waals surface area contributed by atoms with E-state index in [1.165, 1.54) is 12.0 Å². The number of nitrogens with one attached hydrogen (secondary N) is 1. The molecule has 15 heavy (non-hydrogen) atoms.